The van der Waals surface area contributed by atoms with Crippen molar-refractivity contribution in [2.24, 2.45) is 0 Å². The summed E-state index contributed by atoms with van der Waals surface area (Å²) in [5.74, 6) is 1.66. The Hall–Kier alpha value is -2.22. The molecule has 1 aromatic rings. The van der Waals surface area contributed by atoms with E-state index >= 15 is 0 Å². The van der Waals surface area contributed by atoms with Crippen molar-refractivity contribution in [2.45, 2.75) is 38.3 Å². The van der Waals surface area contributed by atoms with E-state index in [0.29, 0.717) is 6.54 Å². The van der Waals surface area contributed by atoms with E-state index in [1.54, 1.807) is 14.2 Å². The molecule has 0 aromatic heterocycles. The summed E-state index contributed by atoms with van der Waals surface area (Å²) in [6.45, 7) is 5.03. The predicted octanol–water partition coefficient (Wildman–Crippen LogP) is 2.43. The zero-order valence-electron chi connectivity index (χ0n) is 16.8. The molecule has 2 fully saturated rings. The summed E-state index contributed by atoms with van der Waals surface area (Å²) < 4.78 is 16.0. The van der Waals surface area contributed by atoms with Gasteiger partial charge in [-0.3, -0.25) is 0 Å². The number of ether oxygens (including phenoxy) is 3. The molecule has 0 spiro atoms. The number of cyclic esters (lactones) is 1. The molecule has 0 saturated carbocycles. The molecule has 7 nitrogen and oxygen atoms in total. The molecule has 0 aliphatic carbocycles. The zero-order chi connectivity index (χ0) is 20.1. The minimum atomic E-state index is -0.182. The largest absolute Gasteiger partial charge is 0.497 e. The lowest BCUT2D eigenvalue weighted by Gasteiger charge is -2.36. The van der Waals surface area contributed by atoms with Gasteiger partial charge in [-0.15, -0.1) is 0 Å². The third kappa shape index (κ3) is 4.79. The molecule has 2 aliphatic rings. The maximum Gasteiger partial charge on any atom is 0.410 e. The van der Waals surface area contributed by atoms with Crippen LogP contribution in [-0.4, -0.2) is 73.5 Å². The van der Waals surface area contributed by atoms with Crippen molar-refractivity contribution in [3.63, 3.8) is 0 Å². The van der Waals surface area contributed by atoms with E-state index in [0.717, 1.165) is 61.1 Å². The van der Waals surface area contributed by atoms with Crippen molar-refractivity contribution in [3.05, 3.63) is 23.8 Å². The van der Waals surface area contributed by atoms with Crippen molar-refractivity contribution in [2.75, 3.05) is 40.4 Å². The second-order valence-corrected chi connectivity index (χ2v) is 7.61. The number of benzene rings is 1. The van der Waals surface area contributed by atoms with E-state index in [2.05, 4.69) is 10.2 Å². The van der Waals surface area contributed by atoms with Crippen molar-refractivity contribution in [1.29, 1.82) is 0 Å². The summed E-state index contributed by atoms with van der Waals surface area (Å²) in [6.07, 6.45) is 2.41. The fourth-order valence-corrected chi connectivity index (χ4v) is 4.09. The van der Waals surface area contributed by atoms with E-state index in [4.69, 9.17) is 26.4 Å². The van der Waals surface area contributed by atoms with Gasteiger partial charge >= 0.3 is 6.09 Å². The number of piperidine rings is 1. The first kappa shape index (κ1) is 20.5. The first-order valence-corrected chi connectivity index (χ1v) is 10.1. The second kappa shape index (κ2) is 9.32. The molecule has 1 aromatic carbocycles. The van der Waals surface area contributed by atoms with Gasteiger partial charge in [0.1, 0.15) is 17.6 Å². The molecular weight excluding hydrogens is 378 g/mol. The first-order chi connectivity index (χ1) is 13.5. The Morgan fingerprint density at radius 1 is 1.29 bits per heavy atom. The van der Waals surface area contributed by atoms with Crippen LogP contribution in [0.5, 0.6) is 11.5 Å². The average molecular weight is 408 g/mol. The molecule has 2 heterocycles. The monoisotopic (exact) mass is 407 g/mol. The number of methoxy groups -OCH3 is 2. The van der Waals surface area contributed by atoms with E-state index in [-0.39, 0.29) is 18.2 Å². The van der Waals surface area contributed by atoms with Gasteiger partial charge in [-0.25, -0.2) is 4.79 Å². The number of rotatable bonds is 6. The van der Waals surface area contributed by atoms with Crippen LogP contribution >= 0.6 is 12.2 Å². The second-order valence-electron chi connectivity index (χ2n) is 7.22. The molecule has 2 aliphatic heterocycles. The van der Waals surface area contributed by atoms with Gasteiger partial charge in [0.2, 0.25) is 0 Å². The third-order valence-electron chi connectivity index (χ3n) is 5.34. The molecule has 0 radical (unpaired) electrons. The Balaban J connectivity index is 1.45. The molecule has 1 atom stereocenters. The van der Waals surface area contributed by atoms with Crippen molar-refractivity contribution < 1.29 is 19.0 Å². The van der Waals surface area contributed by atoms with Crippen LogP contribution in [0.25, 0.3) is 0 Å². The first-order valence-electron chi connectivity index (χ1n) is 9.72. The molecule has 0 bridgehead atoms. The fraction of sp³-hybridized carbons (Fsp3) is 0.600. The van der Waals surface area contributed by atoms with Gasteiger partial charge in [0.25, 0.3) is 0 Å². The highest BCUT2D eigenvalue weighted by Gasteiger charge is 2.35. The SMILES string of the molecule is COc1ccc(OC)c(CCNC(=S)N2CCC(N3CC(C)OC3=O)CC2)c1. The Bertz CT molecular complexity index is 707. The topological polar surface area (TPSA) is 63.3 Å². The number of likely N-dealkylation sites (tertiary alicyclic amines) is 1. The third-order valence-corrected chi connectivity index (χ3v) is 5.74. The number of amides is 1. The van der Waals surface area contributed by atoms with Crippen LogP contribution in [0, 0.1) is 0 Å². The average Bonchev–Trinajstić information content (AvgIpc) is 3.05. The Kier molecular flexibility index (Phi) is 6.83. The smallest absolute Gasteiger partial charge is 0.410 e. The van der Waals surface area contributed by atoms with Crippen molar-refractivity contribution in [3.8, 4) is 11.5 Å². The highest BCUT2D eigenvalue weighted by atomic mass is 32.1. The molecule has 2 saturated heterocycles. The molecule has 1 amide bonds. The number of nitrogens with zero attached hydrogens (tertiary/aromatic N) is 2. The van der Waals surface area contributed by atoms with Gasteiger partial charge in [0, 0.05) is 25.7 Å². The van der Waals surface area contributed by atoms with E-state index in [1.807, 2.05) is 30.0 Å². The van der Waals surface area contributed by atoms with Crippen LogP contribution in [-0.2, 0) is 11.2 Å². The fourth-order valence-electron chi connectivity index (χ4n) is 3.80. The van der Waals surface area contributed by atoms with Gasteiger partial charge in [0.05, 0.1) is 20.8 Å². The van der Waals surface area contributed by atoms with Gasteiger partial charge in [-0.05, 0) is 62.2 Å². The minimum absolute atomic E-state index is 0.0122. The van der Waals surface area contributed by atoms with Crippen LogP contribution in [0.2, 0.25) is 0 Å². The molecule has 154 valence electrons. The molecule has 1 unspecified atom stereocenters. The number of nitrogens with one attached hydrogen (secondary N) is 1. The molecule has 3 rings (SSSR count). The number of carbonyl (C=O) groups excluding carboxylic acids is 1. The lowest BCUT2D eigenvalue weighted by atomic mass is 10.0. The predicted molar refractivity (Wildman–Crippen MR) is 111 cm³/mol. The lowest BCUT2D eigenvalue weighted by Crippen LogP contribution is -2.50. The van der Waals surface area contributed by atoms with Crippen molar-refractivity contribution in [1.82, 2.24) is 15.1 Å². The van der Waals surface area contributed by atoms with Crippen molar-refractivity contribution >= 4 is 23.4 Å². The van der Waals surface area contributed by atoms with Crippen LogP contribution in [0.3, 0.4) is 0 Å². The number of hydrogen-bond acceptors (Lipinski definition) is 5. The summed E-state index contributed by atoms with van der Waals surface area (Å²) in [7, 11) is 3.33. The Morgan fingerprint density at radius 3 is 2.64 bits per heavy atom. The molecule has 8 heteroatoms. The lowest BCUT2D eigenvalue weighted by molar-refractivity contribution is 0.123. The van der Waals surface area contributed by atoms with E-state index in [9.17, 15) is 4.79 Å². The van der Waals surface area contributed by atoms with Gasteiger partial charge < -0.3 is 29.3 Å². The van der Waals surface area contributed by atoms with Gasteiger partial charge in [0.15, 0.2) is 5.11 Å². The van der Waals surface area contributed by atoms with E-state index < -0.39 is 0 Å². The summed E-state index contributed by atoms with van der Waals surface area (Å²) >= 11 is 5.57. The number of thiocarbonyl (C=S) groups is 1. The van der Waals surface area contributed by atoms with Gasteiger partial charge in [-0.2, -0.15) is 0 Å². The summed E-state index contributed by atoms with van der Waals surface area (Å²) in [4.78, 5) is 16.0. The Labute approximate surface area is 171 Å². The van der Waals surface area contributed by atoms with Gasteiger partial charge in [-0.1, -0.05) is 0 Å². The summed E-state index contributed by atoms with van der Waals surface area (Å²) in [5.41, 5.74) is 1.08. The zero-order valence-corrected chi connectivity index (χ0v) is 17.6. The standard InChI is InChI=1S/C20H29N3O4S/c1-14-13-23(20(24)27-14)16-7-10-22(11-8-16)19(28)21-9-6-15-12-17(25-2)4-5-18(15)26-3/h4-5,12,14,16H,6-11,13H2,1-3H3,(H,21,28). The molecular formula is C20H29N3O4S. The molecule has 28 heavy (non-hydrogen) atoms. The highest BCUT2D eigenvalue weighted by Crippen LogP contribution is 2.24. The van der Waals surface area contributed by atoms with Crippen LogP contribution in [0.1, 0.15) is 25.3 Å². The maximum absolute atomic E-state index is 11.9. The quantitative estimate of drug-likeness (QED) is 0.727. The highest BCUT2D eigenvalue weighted by molar-refractivity contribution is 7.80. The van der Waals surface area contributed by atoms with Crippen LogP contribution < -0.4 is 14.8 Å². The van der Waals surface area contributed by atoms with Crippen LogP contribution in [0.15, 0.2) is 18.2 Å². The normalized spacial score (nSPS) is 20.1. The Morgan fingerprint density at radius 2 is 2.04 bits per heavy atom. The minimum Gasteiger partial charge on any atom is -0.497 e. The number of carbonyl (C=O) groups is 1. The molecule has 1 N–H and O–H groups in total. The van der Waals surface area contributed by atoms with Crippen LogP contribution in [0.4, 0.5) is 4.79 Å². The maximum atomic E-state index is 11.9. The summed E-state index contributed by atoms with van der Waals surface area (Å²) in [6, 6.07) is 6.05. The summed E-state index contributed by atoms with van der Waals surface area (Å²) in [5, 5.41) is 4.11. The number of hydrogen-bond donors (Lipinski definition) is 1. The van der Waals surface area contributed by atoms with E-state index in [1.165, 1.54) is 0 Å².